The third-order valence-electron chi connectivity index (χ3n) is 8.53. The fourth-order valence-electron chi connectivity index (χ4n) is 5.78. The van der Waals surface area contributed by atoms with Crippen LogP contribution in [-0.2, 0) is 0 Å². The molecule has 7 aromatic rings. The molecule has 0 amide bonds. The normalized spacial score (nSPS) is 11.3. The summed E-state index contributed by atoms with van der Waals surface area (Å²) >= 11 is 0. The number of rotatable bonds is 4. The first-order valence-corrected chi connectivity index (χ1v) is 14.5. The summed E-state index contributed by atoms with van der Waals surface area (Å²) in [6.07, 6.45) is 0. The van der Waals surface area contributed by atoms with E-state index < -0.39 is 0 Å². The summed E-state index contributed by atoms with van der Waals surface area (Å²) in [5.41, 5.74) is 15.8. The van der Waals surface area contributed by atoms with Crippen LogP contribution in [0.5, 0.6) is 0 Å². The smallest absolute Gasteiger partial charge is 0.0978 e. The van der Waals surface area contributed by atoms with Crippen LogP contribution in [0.3, 0.4) is 0 Å². The van der Waals surface area contributed by atoms with Gasteiger partial charge in [0.1, 0.15) is 0 Å². The predicted molar refractivity (Wildman–Crippen MR) is 178 cm³/mol. The molecule has 2 heterocycles. The van der Waals surface area contributed by atoms with Crippen molar-refractivity contribution >= 4 is 21.8 Å². The molecule has 0 saturated carbocycles. The van der Waals surface area contributed by atoms with Crippen molar-refractivity contribution < 1.29 is 0 Å². The fraction of sp³-hybridized carbons (Fsp3) is 0.100. The first-order valence-electron chi connectivity index (χ1n) is 14.5. The highest BCUT2D eigenvalue weighted by Gasteiger charge is 2.17. The number of pyridine rings is 2. The highest BCUT2D eigenvalue weighted by atomic mass is 14.8. The van der Waals surface area contributed by atoms with Crippen LogP contribution in [0.15, 0.2) is 121 Å². The van der Waals surface area contributed by atoms with E-state index in [9.17, 15) is 0 Å². The number of hydrogen-bond donors (Lipinski definition) is 0. The maximum atomic E-state index is 5.34. The molecular formula is C40H32N2. The Balaban J connectivity index is 1.61. The van der Waals surface area contributed by atoms with E-state index in [0.29, 0.717) is 0 Å². The minimum absolute atomic E-state index is 0.921. The summed E-state index contributed by atoms with van der Waals surface area (Å²) in [5, 5.41) is 2.21. The van der Waals surface area contributed by atoms with E-state index in [1.807, 2.05) is 12.1 Å². The average molecular weight is 541 g/mol. The van der Waals surface area contributed by atoms with Gasteiger partial charge in [0.05, 0.1) is 22.4 Å². The van der Waals surface area contributed by atoms with Crippen molar-refractivity contribution in [2.75, 3.05) is 0 Å². The van der Waals surface area contributed by atoms with Gasteiger partial charge in [-0.05, 0) is 84.3 Å². The molecule has 0 saturated heterocycles. The van der Waals surface area contributed by atoms with Gasteiger partial charge in [-0.25, -0.2) is 9.97 Å². The Kier molecular flexibility index (Phi) is 6.40. The van der Waals surface area contributed by atoms with E-state index in [2.05, 4.69) is 137 Å². The lowest BCUT2D eigenvalue weighted by molar-refractivity contribution is 1.33. The molecule has 0 aliphatic heterocycles. The van der Waals surface area contributed by atoms with Gasteiger partial charge in [-0.2, -0.15) is 0 Å². The summed E-state index contributed by atoms with van der Waals surface area (Å²) in [5.74, 6) is 0. The van der Waals surface area contributed by atoms with Crippen LogP contribution in [0.2, 0.25) is 0 Å². The number of hydrogen-bond acceptors (Lipinski definition) is 2. The van der Waals surface area contributed by atoms with Gasteiger partial charge in [-0.3, -0.25) is 0 Å². The molecule has 0 spiro atoms. The maximum Gasteiger partial charge on any atom is 0.0978 e. The first kappa shape index (κ1) is 25.9. The predicted octanol–water partition coefficient (Wildman–Crippen LogP) is 10.7. The van der Waals surface area contributed by atoms with Crippen LogP contribution in [0.4, 0.5) is 0 Å². The number of aromatic nitrogens is 2. The van der Waals surface area contributed by atoms with Crippen molar-refractivity contribution in [3.8, 4) is 44.8 Å². The third-order valence-corrected chi connectivity index (χ3v) is 8.53. The van der Waals surface area contributed by atoms with E-state index >= 15 is 0 Å². The van der Waals surface area contributed by atoms with Gasteiger partial charge < -0.3 is 0 Å². The van der Waals surface area contributed by atoms with Crippen LogP contribution in [0.1, 0.15) is 22.3 Å². The molecule has 0 aliphatic carbocycles. The van der Waals surface area contributed by atoms with Crippen LogP contribution < -0.4 is 0 Å². The van der Waals surface area contributed by atoms with Gasteiger partial charge in [0.15, 0.2) is 0 Å². The van der Waals surface area contributed by atoms with Crippen LogP contribution in [-0.4, -0.2) is 9.97 Å². The Morgan fingerprint density at radius 2 is 0.762 bits per heavy atom. The molecule has 0 N–H and O–H groups in total. The standard InChI is InChI=1S/C40H32N2/c1-25-15-17-31(21-27(25)3)35-23-37(29-11-7-5-8-12-29)41-39-33(35)19-20-34-36(32-18-16-26(2)28(4)22-32)24-38(42-40(34)39)30-13-9-6-10-14-30/h5-24H,1-4H3. The molecule has 2 nitrogen and oxygen atoms in total. The van der Waals surface area contributed by atoms with Crippen molar-refractivity contribution in [3.63, 3.8) is 0 Å². The molecule has 2 aromatic heterocycles. The molecule has 42 heavy (non-hydrogen) atoms. The zero-order valence-electron chi connectivity index (χ0n) is 24.4. The second kappa shape index (κ2) is 10.4. The molecule has 0 fully saturated rings. The molecule has 0 unspecified atom stereocenters. The Hall–Kier alpha value is -5.08. The number of fused-ring (bicyclic) bond motifs is 3. The van der Waals surface area contributed by atoms with Crippen LogP contribution in [0, 0.1) is 27.7 Å². The minimum atomic E-state index is 0.921. The van der Waals surface area contributed by atoms with Crippen molar-refractivity contribution in [3.05, 3.63) is 144 Å². The lowest BCUT2D eigenvalue weighted by Gasteiger charge is -2.16. The lowest BCUT2D eigenvalue weighted by atomic mass is 9.92. The van der Waals surface area contributed by atoms with Gasteiger partial charge in [-0.15, -0.1) is 0 Å². The van der Waals surface area contributed by atoms with Crippen molar-refractivity contribution in [1.29, 1.82) is 0 Å². The second-order valence-electron chi connectivity index (χ2n) is 11.3. The molecule has 2 heteroatoms. The van der Waals surface area contributed by atoms with E-state index in [0.717, 1.165) is 44.3 Å². The average Bonchev–Trinajstić information content (AvgIpc) is 3.03. The van der Waals surface area contributed by atoms with Crippen molar-refractivity contribution in [1.82, 2.24) is 9.97 Å². The van der Waals surface area contributed by atoms with Crippen molar-refractivity contribution in [2.24, 2.45) is 0 Å². The molecule has 0 radical (unpaired) electrons. The topological polar surface area (TPSA) is 25.8 Å². The number of aryl methyl sites for hydroxylation is 4. The Morgan fingerprint density at radius 1 is 0.357 bits per heavy atom. The van der Waals surface area contributed by atoms with Crippen LogP contribution >= 0.6 is 0 Å². The van der Waals surface area contributed by atoms with E-state index in [4.69, 9.17) is 9.97 Å². The summed E-state index contributed by atoms with van der Waals surface area (Å²) < 4.78 is 0. The van der Waals surface area contributed by atoms with Gasteiger partial charge in [-0.1, -0.05) is 109 Å². The Morgan fingerprint density at radius 3 is 1.14 bits per heavy atom. The fourth-order valence-corrected chi connectivity index (χ4v) is 5.78. The third kappa shape index (κ3) is 4.55. The second-order valence-corrected chi connectivity index (χ2v) is 11.3. The van der Waals surface area contributed by atoms with Crippen LogP contribution in [0.25, 0.3) is 66.6 Å². The molecule has 0 atom stereocenters. The molecule has 202 valence electrons. The lowest BCUT2D eigenvalue weighted by Crippen LogP contribution is -1.96. The van der Waals surface area contributed by atoms with Gasteiger partial charge in [0.25, 0.3) is 0 Å². The number of nitrogens with zero attached hydrogens (tertiary/aromatic N) is 2. The van der Waals surface area contributed by atoms with E-state index in [-0.39, 0.29) is 0 Å². The molecule has 7 rings (SSSR count). The summed E-state index contributed by atoms with van der Waals surface area (Å²) in [6, 6.07) is 43.3. The highest BCUT2D eigenvalue weighted by molar-refractivity contribution is 6.13. The Bertz CT molecular complexity index is 1960. The minimum Gasteiger partial charge on any atom is -0.245 e. The highest BCUT2D eigenvalue weighted by Crippen LogP contribution is 2.40. The quantitative estimate of drug-likeness (QED) is 0.208. The zero-order valence-corrected chi connectivity index (χ0v) is 24.4. The largest absolute Gasteiger partial charge is 0.245 e. The number of benzene rings is 5. The molecule has 0 aliphatic rings. The summed E-state index contributed by atoms with van der Waals surface area (Å²) in [6.45, 7) is 8.69. The van der Waals surface area contributed by atoms with Gasteiger partial charge in [0, 0.05) is 21.9 Å². The maximum absolute atomic E-state index is 5.34. The summed E-state index contributed by atoms with van der Waals surface area (Å²) in [7, 11) is 0. The molecule has 0 bridgehead atoms. The monoisotopic (exact) mass is 540 g/mol. The first-order chi connectivity index (χ1) is 20.5. The van der Waals surface area contributed by atoms with E-state index in [1.54, 1.807) is 0 Å². The van der Waals surface area contributed by atoms with Gasteiger partial charge in [0.2, 0.25) is 0 Å². The molecule has 5 aromatic carbocycles. The SMILES string of the molecule is Cc1ccc(-c2cc(-c3ccccc3)nc3c2ccc2c(-c4ccc(C)c(C)c4)cc(-c4ccccc4)nc23)cc1C. The van der Waals surface area contributed by atoms with Gasteiger partial charge >= 0.3 is 0 Å². The summed E-state index contributed by atoms with van der Waals surface area (Å²) in [4.78, 5) is 10.7. The zero-order chi connectivity index (χ0) is 28.8. The molecular weight excluding hydrogens is 508 g/mol. The Labute approximate surface area is 247 Å². The van der Waals surface area contributed by atoms with E-state index in [1.165, 1.54) is 44.5 Å². The van der Waals surface area contributed by atoms with Crippen molar-refractivity contribution in [2.45, 2.75) is 27.7 Å².